The van der Waals surface area contributed by atoms with Gasteiger partial charge in [0.15, 0.2) is 0 Å². The van der Waals surface area contributed by atoms with Crippen molar-refractivity contribution >= 4 is 21.6 Å². The molecular formula is C15H20BrN3. The molecule has 4 heteroatoms. The van der Waals surface area contributed by atoms with Gasteiger partial charge in [-0.1, -0.05) is 13.8 Å². The zero-order chi connectivity index (χ0) is 13.8. The Morgan fingerprint density at radius 2 is 2.21 bits per heavy atom. The first-order valence-corrected chi connectivity index (χ1v) is 7.68. The summed E-state index contributed by atoms with van der Waals surface area (Å²) in [4.78, 5) is 2.47. The van der Waals surface area contributed by atoms with Crippen molar-refractivity contribution in [3.63, 3.8) is 0 Å². The van der Waals surface area contributed by atoms with Crippen LogP contribution in [-0.4, -0.2) is 25.2 Å². The van der Waals surface area contributed by atoms with E-state index in [-0.39, 0.29) is 0 Å². The molecule has 1 fully saturated rings. The Morgan fingerprint density at radius 1 is 1.42 bits per heavy atom. The second kappa shape index (κ2) is 6.40. The number of rotatable bonds is 3. The number of halogens is 1. The third-order valence-corrected chi connectivity index (χ3v) is 4.49. The number of benzene rings is 1. The molecule has 3 nitrogen and oxygen atoms in total. The van der Waals surface area contributed by atoms with Crippen molar-refractivity contribution in [2.75, 3.05) is 18.0 Å². The summed E-state index contributed by atoms with van der Waals surface area (Å²) < 4.78 is 1.02. The fraction of sp³-hybridized carbons (Fsp3) is 0.533. The number of anilines is 1. The van der Waals surface area contributed by atoms with E-state index < -0.39 is 0 Å². The van der Waals surface area contributed by atoms with Gasteiger partial charge in [-0.25, -0.2) is 0 Å². The Hall–Kier alpha value is -1.05. The van der Waals surface area contributed by atoms with E-state index in [1.54, 1.807) is 0 Å². The molecule has 1 N–H and O–H groups in total. The maximum absolute atomic E-state index is 8.95. The van der Waals surface area contributed by atoms with E-state index in [9.17, 15) is 0 Å². The van der Waals surface area contributed by atoms with Gasteiger partial charge in [-0.2, -0.15) is 5.26 Å². The highest BCUT2D eigenvalue weighted by molar-refractivity contribution is 9.10. The first-order chi connectivity index (χ1) is 9.19. The second-order valence-electron chi connectivity index (χ2n) is 5.01. The van der Waals surface area contributed by atoms with Crippen LogP contribution < -0.4 is 10.2 Å². The SMILES string of the molecule is CCC1CN(c2ccc(C#N)cc2Br)C(CC)CN1. The summed E-state index contributed by atoms with van der Waals surface area (Å²) in [6, 6.07) is 9.11. The summed E-state index contributed by atoms with van der Waals surface area (Å²) in [5.41, 5.74) is 1.90. The largest absolute Gasteiger partial charge is 0.365 e. The molecule has 1 aromatic rings. The molecule has 19 heavy (non-hydrogen) atoms. The van der Waals surface area contributed by atoms with E-state index in [1.807, 2.05) is 12.1 Å². The van der Waals surface area contributed by atoms with Crippen molar-refractivity contribution in [2.24, 2.45) is 0 Å². The molecule has 2 atom stereocenters. The minimum Gasteiger partial charge on any atom is -0.365 e. The van der Waals surface area contributed by atoms with E-state index in [4.69, 9.17) is 5.26 Å². The van der Waals surface area contributed by atoms with Crippen LogP contribution in [0.25, 0.3) is 0 Å². The molecule has 0 spiro atoms. The van der Waals surface area contributed by atoms with Crippen LogP contribution in [0.2, 0.25) is 0 Å². The van der Waals surface area contributed by atoms with Crippen molar-refractivity contribution in [1.82, 2.24) is 5.32 Å². The Morgan fingerprint density at radius 3 is 2.79 bits per heavy atom. The van der Waals surface area contributed by atoms with Gasteiger partial charge < -0.3 is 10.2 Å². The average Bonchev–Trinajstić information content (AvgIpc) is 2.46. The van der Waals surface area contributed by atoms with E-state index in [0.29, 0.717) is 17.6 Å². The van der Waals surface area contributed by atoms with E-state index >= 15 is 0 Å². The zero-order valence-corrected chi connectivity index (χ0v) is 13.1. The average molecular weight is 322 g/mol. The highest BCUT2D eigenvalue weighted by Gasteiger charge is 2.27. The lowest BCUT2D eigenvalue weighted by Crippen LogP contribution is -2.56. The first-order valence-electron chi connectivity index (χ1n) is 6.89. The maximum atomic E-state index is 8.95. The molecule has 1 heterocycles. The third-order valence-electron chi connectivity index (χ3n) is 3.85. The van der Waals surface area contributed by atoms with Crippen molar-refractivity contribution in [1.29, 1.82) is 5.26 Å². The Bertz CT molecular complexity index is 481. The van der Waals surface area contributed by atoms with E-state index in [1.165, 1.54) is 5.69 Å². The summed E-state index contributed by atoms with van der Waals surface area (Å²) >= 11 is 3.61. The molecule has 102 valence electrons. The molecule has 1 aliphatic heterocycles. The molecule has 1 saturated heterocycles. The van der Waals surface area contributed by atoms with Crippen LogP contribution in [0.3, 0.4) is 0 Å². The van der Waals surface area contributed by atoms with Crippen molar-refractivity contribution < 1.29 is 0 Å². The molecule has 0 bridgehead atoms. The lowest BCUT2D eigenvalue weighted by Gasteiger charge is -2.42. The Labute approximate surface area is 123 Å². The van der Waals surface area contributed by atoms with Crippen LogP contribution in [0.1, 0.15) is 32.3 Å². The van der Waals surface area contributed by atoms with Gasteiger partial charge in [-0.3, -0.25) is 0 Å². The summed E-state index contributed by atoms with van der Waals surface area (Å²) in [5.74, 6) is 0. The monoisotopic (exact) mass is 321 g/mol. The van der Waals surface area contributed by atoms with Gasteiger partial charge in [0, 0.05) is 29.6 Å². The summed E-state index contributed by atoms with van der Waals surface area (Å²) in [6.45, 7) is 6.50. The normalized spacial score (nSPS) is 23.2. The van der Waals surface area contributed by atoms with Crippen molar-refractivity contribution in [3.05, 3.63) is 28.2 Å². The lowest BCUT2D eigenvalue weighted by molar-refractivity contribution is 0.378. The summed E-state index contributed by atoms with van der Waals surface area (Å²) in [6.07, 6.45) is 2.26. The van der Waals surface area contributed by atoms with Gasteiger partial charge in [0.25, 0.3) is 0 Å². The molecule has 2 rings (SSSR count). The van der Waals surface area contributed by atoms with Crippen LogP contribution in [0.5, 0.6) is 0 Å². The summed E-state index contributed by atoms with van der Waals surface area (Å²) in [7, 11) is 0. The fourth-order valence-corrected chi connectivity index (χ4v) is 3.21. The predicted octanol–water partition coefficient (Wildman–Crippen LogP) is 3.29. The second-order valence-corrected chi connectivity index (χ2v) is 5.86. The van der Waals surface area contributed by atoms with Gasteiger partial charge in [0.05, 0.1) is 17.3 Å². The molecule has 0 radical (unpaired) electrons. The maximum Gasteiger partial charge on any atom is 0.0992 e. The Kier molecular flexibility index (Phi) is 4.84. The minimum absolute atomic E-state index is 0.520. The lowest BCUT2D eigenvalue weighted by atomic mass is 10.0. The van der Waals surface area contributed by atoms with Crippen molar-refractivity contribution in [3.8, 4) is 6.07 Å². The van der Waals surface area contributed by atoms with Gasteiger partial charge >= 0.3 is 0 Å². The van der Waals surface area contributed by atoms with Crippen LogP contribution in [0, 0.1) is 11.3 Å². The Balaban J connectivity index is 2.29. The zero-order valence-electron chi connectivity index (χ0n) is 11.5. The van der Waals surface area contributed by atoms with Gasteiger partial charge in [-0.05, 0) is 47.0 Å². The van der Waals surface area contributed by atoms with Gasteiger partial charge in [0.2, 0.25) is 0 Å². The highest BCUT2D eigenvalue weighted by atomic mass is 79.9. The van der Waals surface area contributed by atoms with Crippen LogP contribution in [0.4, 0.5) is 5.69 Å². The molecule has 0 aromatic heterocycles. The topological polar surface area (TPSA) is 39.1 Å². The number of nitrogens with zero attached hydrogens (tertiary/aromatic N) is 2. The predicted molar refractivity (Wildman–Crippen MR) is 82.4 cm³/mol. The minimum atomic E-state index is 0.520. The smallest absolute Gasteiger partial charge is 0.0992 e. The molecule has 2 unspecified atom stereocenters. The standard InChI is InChI=1S/C15H20BrN3/c1-3-12-10-19(13(4-2)9-18-12)15-6-5-11(8-17)7-14(15)16/h5-7,12-13,18H,3-4,9-10H2,1-2H3. The number of hydrogen-bond donors (Lipinski definition) is 1. The number of hydrogen-bond acceptors (Lipinski definition) is 3. The molecule has 1 aromatic carbocycles. The quantitative estimate of drug-likeness (QED) is 0.928. The fourth-order valence-electron chi connectivity index (χ4n) is 2.61. The van der Waals surface area contributed by atoms with E-state index in [2.05, 4.69) is 52.1 Å². The third kappa shape index (κ3) is 3.10. The van der Waals surface area contributed by atoms with Gasteiger partial charge in [-0.15, -0.1) is 0 Å². The molecule has 0 aliphatic carbocycles. The van der Waals surface area contributed by atoms with Crippen molar-refractivity contribution in [2.45, 2.75) is 38.8 Å². The van der Waals surface area contributed by atoms with Crippen LogP contribution >= 0.6 is 15.9 Å². The number of nitriles is 1. The van der Waals surface area contributed by atoms with Gasteiger partial charge in [0.1, 0.15) is 0 Å². The summed E-state index contributed by atoms with van der Waals surface area (Å²) in [5, 5.41) is 12.5. The molecular weight excluding hydrogens is 302 g/mol. The molecule has 0 amide bonds. The van der Waals surface area contributed by atoms with Crippen LogP contribution in [0.15, 0.2) is 22.7 Å². The highest BCUT2D eigenvalue weighted by Crippen LogP contribution is 2.30. The molecule has 0 saturated carbocycles. The number of nitrogens with one attached hydrogen (secondary N) is 1. The van der Waals surface area contributed by atoms with Crippen LogP contribution in [-0.2, 0) is 0 Å². The number of piperazine rings is 1. The molecule has 1 aliphatic rings. The first kappa shape index (κ1) is 14.4. The van der Waals surface area contributed by atoms with E-state index in [0.717, 1.165) is 30.4 Å².